The second-order valence-electron chi connectivity index (χ2n) is 6.62. The van der Waals surface area contributed by atoms with Gasteiger partial charge in [0.15, 0.2) is 0 Å². The molecule has 2 aromatic carbocycles. The van der Waals surface area contributed by atoms with E-state index < -0.39 is 0 Å². The number of hydrogen-bond acceptors (Lipinski definition) is 3. The summed E-state index contributed by atoms with van der Waals surface area (Å²) in [6, 6.07) is 21.5. The van der Waals surface area contributed by atoms with E-state index in [1.54, 1.807) is 11.3 Å². The van der Waals surface area contributed by atoms with Crippen LogP contribution in [0.1, 0.15) is 20.8 Å². The quantitative estimate of drug-likeness (QED) is 0.448. The van der Waals surface area contributed by atoms with E-state index in [-0.39, 0.29) is 5.91 Å². The molecule has 0 atom stereocenters. The first kappa shape index (κ1) is 18.7. The molecule has 3 nitrogen and oxygen atoms in total. The number of pyridine rings is 1. The number of rotatable bonds is 5. The van der Waals surface area contributed by atoms with Gasteiger partial charge in [-0.2, -0.15) is 0 Å². The van der Waals surface area contributed by atoms with Gasteiger partial charge in [-0.1, -0.05) is 41.9 Å². The van der Waals surface area contributed by atoms with Crippen LogP contribution in [0, 0.1) is 6.92 Å². The van der Waals surface area contributed by atoms with Crippen molar-refractivity contribution in [1.82, 2.24) is 10.3 Å². The van der Waals surface area contributed by atoms with Gasteiger partial charge in [-0.05, 0) is 55.3 Å². The number of halogens is 1. The number of carbonyl (C=O) groups excluding carboxylic acids is 1. The number of thiophene rings is 1. The van der Waals surface area contributed by atoms with E-state index in [0.29, 0.717) is 17.1 Å². The molecule has 0 bridgehead atoms. The van der Waals surface area contributed by atoms with Crippen LogP contribution >= 0.6 is 22.9 Å². The number of nitrogens with zero attached hydrogens (tertiary/aromatic N) is 1. The van der Waals surface area contributed by atoms with Crippen LogP contribution in [-0.2, 0) is 6.42 Å². The Morgan fingerprint density at radius 3 is 2.71 bits per heavy atom. The Labute approximate surface area is 173 Å². The van der Waals surface area contributed by atoms with Gasteiger partial charge in [-0.15, -0.1) is 11.3 Å². The Bertz CT molecular complexity index is 1150. The zero-order valence-electron chi connectivity index (χ0n) is 15.4. The number of benzene rings is 2. The van der Waals surface area contributed by atoms with Crippen molar-refractivity contribution in [3.63, 3.8) is 0 Å². The minimum Gasteiger partial charge on any atom is -0.352 e. The van der Waals surface area contributed by atoms with Crippen molar-refractivity contribution < 1.29 is 4.79 Å². The van der Waals surface area contributed by atoms with Crippen molar-refractivity contribution in [2.45, 2.75) is 13.3 Å². The lowest BCUT2D eigenvalue weighted by Crippen LogP contribution is -2.26. The fourth-order valence-corrected chi connectivity index (χ4v) is 4.21. The number of aromatic nitrogens is 1. The Morgan fingerprint density at radius 2 is 1.93 bits per heavy atom. The van der Waals surface area contributed by atoms with Crippen molar-refractivity contribution in [2.24, 2.45) is 0 Å². The van der Waals surface area contributed by atoms with E-state index in [4.69, 9.17) is 16.6 Å². The molecule has 5 heteroatoms. The molecule has 4 rings (SSSR count). The van der Waals surface area contributed by atoms with Gasteiger partial charge >= 0.3 is 0 Å². The lowest BCUT2D eigenvalue weighted by atomic mass is 10.1. The van der Waals surface area contributed by atoms with E-state index in [0.717, 1.165) is 33.5 Å². The van der Waals surface area contributed by atoms with Crippen LogP contribution in [0.3, 0.4) is 0 Å². The zero-order chi connectivity index (χ0) is 19.5. The topological polar surface area (TPSA) is 42.0 Å². The summed E-state index contributed by atoms with van der Waals surface area (Å²) in [6.07, 6.45) is 0.728. The Kier molecular flexibility index (Phi) is 5.42. The summed E-state index contributed by atoms with van der Waals surface area (Å²) in [5, 5.41) is 4.61. The normalized spacial score (nSPS) is 10.9. The Balaban J connectivity index is 1.60. The molecule has 0 saturated carbocycles. The average Bonchev–Trinajstić information content (AvgIpc) is 3.13. The minimum absolute atomic E-state index is 0.0878. The molecule has 0 fully saturated rings. The van der Waals surface area contributed by atoms with E-state index in [9.17, 15) is 4.79 Å². The Hall–Kier alpha value is -2.69. The molecular weight excluding hydrogens is 388 g/mol. The molecule has 1 N–H and O–H groups in total. The smallest absolute Gasteiger partial charge is 0.252 e. The fourth-order valence-electron chi connectivity index (χ4n) is 3.17. The number of para-hydroxylation sites is 1. The first-order chi connectivity index (χ1) is 13.6. The van der Waals surface area contributed by atoms with Crippen LogP contribution in [-0.4, -0.2) is 17.4 Å². The van der Waals surface area contributed by atoms with E-state index in [2.05, 4.69) is 24.4 Å². The summed E-state index contributed by atoms with van der Waals surface area (Å²) in [5.41, 5.74) is 3.41. The highest BCUT2D eigenvalue weighted by Crippen LogP contribution is 2.29. The van der Waals surface area contributed by atoms with Crippen molar-refractivity contribution in [1.29, 1.82) is 0 Å². The van der Waals surface area contributed by atoms with Crippen molar-refractivity contribution in [3.8, 4) is 10.6 Å². The molecule has 4 aromatic rings. The summed E-state index contributed by atoms with van der Waals surface area (Å²) >= 11 is 7.71. The fraction of sp³-hybridized carbons (Fsp3) is 0.130. The van der Waals surface area contributed by atoms with Gasteiger partial charge in [-0.25, -0.2) is 4.98 Å². The molecule has 140 valence electrons. The molecule has 2 aromatic heterocycles. The first-order valence-electron chi connectivity index (χ1n) is 9.09. The van der Waals surface area contributed by atoms with Crippen LogP contribution in [0.5, 0.6) is 0 Å². The SMILES string of the molecule is Cc1ccc(-c2cc(C(=O)NCCc3cccc(Cl)c3)c3ccccc3n2)s1. The van der Waals surface area contributed by atoms with Gasteiger partial charge in [0.05, 0.1) is 21.7 Å². The van der Waals surface area contributed by atoms with Gasteiger partial charge < -0.3 is 5.32 Å². The minimum atomic E-state index is -0.0878. The molecule has 0 radical (unpaired) electrons. The molecular formula is C23H19ClN2OS. The summed E-state index contributed by atoms with van der Waals surface area (Å²) in [4.78, 5) is 20.0. The molecule has 28 heavy (non-hydrogen) atoms. The number of carbonyl (C=O) groups is 1. The second kappa shape index (κ2) is 8.13. The lowest BCUT2D eigenvalue weighted by molar-refractivity contribution is 0.0956. The average molecular weight is 407 g/mol. The van der Waals surface area contributed by atoms with Gasteiger partial charge in [0.2, 0.25) is 0 Å². The molecule has 0 spiro atoms. The maximum atomic E-state index is 12.9. The second-order valence-corrected chi connectivity index (χ2v) is 8.34. The molecule has 0 aliphatic carbocycles. The highest BCUT2D eigenvalue weighted by Gasteiger charge is 2.14. The van der Waals surface area contributed by atoms with E-state index in [1.807, 2.05) is 54.6 Å². The molecule has 0 aliphatic rings. The van der Waals surface area contributed by atoms with E-state index in [1.165, 1.54) is 4.88 Å². The van der Waals surface area contributed by atoms with Crippen molar-refractivity contribution in [3.05, 3.63) is 87.8 Å². The third-order valence-corrected chi connectivity index (χ3v) is 5.80. The van der Waals surface area contributed by atoms with Crippen LogP contribution in [0.25, 0.3) is 21.5 Å². The summed E-state index contributed by atoms with van der Waals surface area (Å²) < 4.78 is 0. The summed E-state index contributed by atoms with van der Waals surface area (Å²) in [5.74, 6) is -0.0878. The van der Waals surface area contributed by atoms with Crippen LogP contribution < -0.4 is 5.32 Å². The number of nitrogens with one attached hydrogen (secondary N) is 1. The third kappa shape index (κ3) is 4.08. The maximum absolute atomic E-state index is 12.9. The zero-order valence-corrected chi connectivity index (χ0v) is 17.0. The summed E-state index contributed by atoms with van der Waals surface area (Å²) in [6.45, 7) is 2.61. The number of fused-ring (bicyclic) bond motifs is 1. The monoisotopic (exact) mass is 406 g/mol. The number of aryl methyl sites for hydroxylation is 1. The molecule has 0 aliphatic heterocycles. The number of hydrogen-bond donors (Lipinski definition) is 1. The van der Waals surface area contributed by atoms with E-state index >= 15 is 0 Å². The lowest BCUT2D eigenvalue weighted by Gasteiger charge is -2.10. The van der Waals surface area contributed by atoms with Crippen LogP contribution in [0.15, 0.2) is 66.7 Å². The predicted molar refractivity (Wildman–Crippen MR) is 117 cm³/mol. The maximum Gasteiger partial charge on any atom is 0.252 e. The molecule has 2 heterocycles. The largest absolute Gasteiger partial charge is 0.352 e. The highest BCUT2D eigenvalue weighted by atomic mass is 35.5. The third-order valence-electron chi connectivity index (χ3n) is 4.54. The van der Waals surface area contributed by atoms with Crippen LogP contribution in [0.4, 0.5) is 0 Å². The first-order valence-corrected chi connectivity index (χ1v) is 10.3. The van der Waals surface area contributed by atoms with Gasteiger partial charge in [0.25, 0.3) is 5.91 Å². The van der Waals surface area contributed by atoms with Crippen molar-refractivity contribution in [2.75, 3.05) is 6.54 Å². The molecule has 0 unspecified atom stereocenters. The van der Waals surface area contributed by atoms with Gasteiger partial charge in [-0.3, -0.25) is 4.79 Å². The predicted octanol–water partition coefficient (Wildman–Crippen LogP) is 5.90. The molecule has 1 amide bonds. The Morgan fingerprint density at radius 1 is 1.07 bits per heavy atom. The standard InChI is InChI=1S/C23H19ClN2OS/c1-15-9-10-22(28-15)21-14-19(18-7-2-3-8-20(18)26-21)23(27)25-12-11-16-5-4-6-17(24)13-16/h2-10,13-14H,11-12H2,1H3,(H,25,27). The van der Waals surface area contributed by atoms with Gasteiger partial charge in [0.1, 0.15) is 0 Å². The van der Waals surface area contributed by atoms with Crippen molar-refractivity contribution >= 4 is 39.7 Å². The number of amides is 1. The summed E-state index contributed by atoms with van der Waals surface area (Å²) in [7, 11) is 0. The molecule has 0 saturated heterocycles. The van der Waals surface area contributed by atoms with Crippen LogP contribution in [0.2, 0.25) is 5.02 Å². The van der Waals surface area contributed by atoms with Gasteiger partial charge in [0, 0.05) is 21.8 Å². The highest BCUT2D eigenvalue weighted by molar-refractivity contribution is 7.15.